The van der Waals surface area contributed by atoms with Gasteiger partial charge in [0.15, 0.2) is 15.5 Å². The van der Waals surface area contributed by atoms with E-state index in [1.807, 2.05) is 13.8 Å². The van der Waals surface area contributed by atoms with E-state index in [0.717, 1.165) is 12.3 Å². The molecule has 0 saturated heterocycles. The van der Waals surface area contributed by atoms with Crippen LogP contribution in [0, 0.1) is 5.82 Å². The summed E-state index contributed by atoms with van der Waals surface area (Å²) in [5, 5.41) is 13.6. The summed E-state index contributed by atoms with van der Waals surface area (Å²) in [6.07, 6.45) is 4.22. The highest BCUT2D eigenvalue weighted by Gasteiger charge is 2.27. The van der Waals surface area contributed by atoms with Crippen LogP contribution in [0.4, 0.5) is 10.2 Å². The van der Waals surface area contributed by atoms with Gasteiger partial charge in [-0.15, -0.1) is 0 Å². The Morgan fingerprint density at radius 3 is 2.51 bits per heavy atom. The van der Waals surface area contributed by atoms with Crippen molar-refractivity contribution in [2.24, 2.45) is 5.73 Å². The standard InChI is InChI=1S/C24H31FN6O5S/c1-4-10-30(20(33)13-32)15(5-2)7-9-19-21(37(3,35)36)22(26)31-24(29-19)17(12-28-31)14-6-8-16(23(27)34)18(25)11-14/h6,8,11-12,15,32H,4-5,7,9-10,13,26H2,1-3H3,(H2,27,34)/t15-/m1/s1. The Morgan fingerprint density at radius 2 is 1.97 bits per heavy atom. The minimum absolute atomic E-state index is 0.145. The summed E-state index contributed by atoms with van der Waals surface area (Å²) >= 11 is 0. The summed E-state index contributed by atoms with van der Waals surface area (Å²) in [7, 11) is -3.82. The number of aryl methyl sites for hydroxylation is 1. The van der Waals surface area contributed by atoms with Crippen LogP contribution in [0.2, 0.25) is 0 Å². The third kappa shape index (κ3) is 5.72. The summed E-state index contributed by atoms with van der Waals surface area (Å²) in [6.45, 7) is 3.65. The minimum atomic E-state index is -3.82. The zero-order valence-electron chi connectivity index (χ0n) is 20.9. The molecule has 1 atom stereocenters. The molecule has 5 N–H and O–H groups in total. The lowest BCUT2D eigenvalue weighted by Gasteiger charge is -2.30. The number of fused-ring (bicyclic) bond motifs is 1. The predicted molar refractivity (Wildman–Crippen MR) is 136 cm³/mol. The number of benzene rings is 1. The van der Waals surface area contributed by atoms with Gasteiger partial charge in [-0.05, 0) is 43.4 Å². The SMILES string of the molecule is CCCN(C(=O)CO)[C@H](CC)CCc1nc2c(-c3ccc(C(N)=O)c(F)c3)cnn2c(N)c1S(C)(=O)=O. The quantitative estimate of drug-likeness (QED) is 0.332. The maximum Gasteiger partial charge on any atom is 0.251 e. The van der Waals surface area contributed by atoms with Crippen LogP contribution in [0.15, 0.2) is 29.3 Å². The van der Waals surface area contributed by atoms with Gasteiger partial charge in [0.05, 0.1) is 17.5 Å². The van der Waals surface area contributed by atoms with E-state index in [4.69, 9.17) is 11.5 Å². The van der Waals surface area contributed by atoms with Crippen molar-refractivity contribution in [3.05, 3.63) is 41.5 Å². The Kier molecular flexibility index (Phi) is 8.49. The van der Waals surface area contributed by atoms with Gasteiger partial charge in [-0.25, -0.2) is 17.8 Å². The molecule has 0 saturated carbocycles. The molecule has 200 valence electrons. The molecule has 13 heteroatoms. The Bertz CT molecular complexity index is 1440. The predicted octanol–water partition coefficient (Wildman–Crippen LogP) is 1.56. The number of aromatic nitrogens is 3. The maximum absolute atomic E-state index is 14.5. The largest absolute Gasteiger partial charge is 0.387 e. The number of hydrogen-bond donors (Lipinski definition) is 3. The molecule has 0 bridgehead atoms. The Labute approximate surface area is 214 Å². The number of carbonyl (C=O) groups is 2. The van der Waals surface area contributed by atoms with Crippen molar-refractivity contribution in [1.29, 1.82) is 0 Å². The third-order valence-corrected chi connectivity index (χ3v) is 7.36. The zero-order chi connectivity index (χ0) is 27.5. The smallest absolute Gasteiger partial charge is 0.251 e. The number of amides is 2. The molecule has 37 heavy (non-hydrogen) atoms. The molecule has 0 unspecified atom stereocenters. The van der Waals surface area contributed by atoms with Gasteiger partial charge >= 0.3 is 0 Å². The summed E-state index contributed by atoms with van der Waals surface area (Å²) in [4.78, 5) is 29.7. The van der Waals surface area contributed by atoms with Crippen LogP contribution >= 0.6 is 0 Å². The number of anilines is 1. The van der Waals surface area contributed by atoms with E-state index in [9.17, 15) is 27.5 Å². The van der Waals surface area contributed by atoms with Gasteiger partial charge < -0.3 is 21.5 Å². The number of hydrogen-bond acceptors (Lipinski definition) is 8. The summed E-state index contributed by atoms with van der Waals surface area (Å²) in [5.41, 5.74) is 12.3. The number of sulfone groups is 1. The van der Waals surface area contributed by atoms with E-state index < -0.39 is 34.1 Å². The van der Waals surface area contributed by atoms with Gasteiger partial charge in [-0.2, -0.15) is 9.61 Å². The topological polar surface area (TPSA) is 174 Å². The first-order valence-corrected chi connectivity index (χ1v) is 13.7. The second-order valence-electron chi connectivity index (χ2n) is 8.74. The van der Waals surface area contributed by atoms with E-state index in [1.54, 1.807) is 4.90 Å². The number of primary amides is 1. The monoisotopic (exact) mass is 534 g/mol. The zero-order valence-corrected chi connectivity index (χ0v) is 21.8. The lowest BCUT2D eigenvalue weighted by Crippen LogP contribution is -2.42. The van der Waals surface area contributed by atoms with Crippen molar-refractivity contribution >= 4 is 33.1 Å². The number of nitrogens with two attached hydrogens (primary N) is 2. The van der Waals surface area contributed by atoms with Gasteiger partial charge in [0, 0.05) is 24.4 Å². The third-order valence-electron chi connectivity index (χ3n) is 6.17. The van der Waals surface area contributed by atoms with E-state index in [1.165, 1.54) is 22.8 Å². The van der Waals surface area contributed by atoms with Crippen LogP contribution < -0.4 is 11.5 Å². The molecule has 0 aliphatic rings. The molecular formula is C24H31FN6O5S. The Morgan fingerprint density at radius 1 is 1.27 bits per heavy atom. The van der Waals surface area contributed by atoms with Crippen molar-refractivity contribution in [3.63, 3.8) is 0 Å². The van der Waals surface area contributed by atoms with Gasteiger partial charge in [0.25, 0.3) is 5.91 Å². The molecule has 0 aliphatic heterocycles. The first-order valence-electron chi connectivity index (χ1n) is 11.8. The number of halogens is 1. The molecule has 2 aromatic heterocycles. The van der Waals surface area contributed by atoms with Crippen molar-refractivity contribution in [3.8, 4) is 11.1 Å². The average molecular weight is 535 g/mol. The molecular weight excluding hydrogens is 503 g/mol. The number of nitrogen functional groups attached to an aromatic ring is 1. The summed E-state index contributed by atoms with van der Waals surface area (Å²) in [5.74, 6) is -2.28. The number of carbonyl (C=O) groups excluding carboxylic acids is 2. The van der Waals surface area contributed by atoms with E-state index >= 15 is 0 Å². The number of rotatable bonds is 11. The van der Waals surface area contributed by atoms with Gasteiger partial charge in [-0.3, -0.25) is 9.59 Å². The molecule has 3 rings (SSSR count). The molecule has 0 aliphatic carbocycles. The highest BCUT2D eigenvalue weighted by Crippen LogP contribution is 2.31. The summed E-state index contributed by atoms with van der Waals surface area (Å²) in [6, 6.07) is 3.59. The highest BCUT2D eigenvalue weighted by atomic mass is 32.2. The fourth-order valence-corrected chi connectivity index (χ4v) is 5.48. The molecule has 2 amide bonds. The molecule has 1 aromatic carbocycles. The molecule has 0 radical (unpaired) electrons. The molecule has 0 spiro atoms. The van der Waals surface area contributed by atoms with Crippen LogP contribution in [-0.2, 0) is 21.1 Å². The van der Waals surface area contributed by atoms with Crippen LogP contribution in [0.3, 0.4) is 0 Å². The van der Waals surface area contributed by atoms with Crippen LogP contribution in [-0.4, -0.2) is 70.3 Å². The first-order chi connectivity index (χ1) is 17.4. The van der Waals surface area contributed by atoms with Crippen molar-refractivity contribution in [2.75, 3.05) is 25.1 Å². The van der Waals surface area contributed by atoms with Crippen molar-refractivity contribution in [2.45, 2.75) is 50.5 Å². The fourth-order valence-electron chi connectivity index (χ4n) is 4.43. The Balaban J connectivity index is 2.11. The maximum atomic E-state index is 14.5. The molecule has 3 aromatic rings. The number of aliphatic hydroxyl groups is 1. The lowest BCUT2D eigenvalue weighted by molar-refractivity contribution is -0.136. The number of aliphatic hydroxyl groups excluding tert-OH is 1. The second-order valence-corrected chi connectivity index (χ2v) is 10.7. The first kappa shape index (κ1) is 28.0. The van der Waals surface area contributed by atoms with Gasteiger partial charge in [0.2, 0.25) is 5.91 Å². The normalized spacial score (nSPS) is 12.6. The van der Waals surface area contributed by atoms with Crippen LogP contribution in [0.1, 0.15) is 49.2 Å². The molecule has 2 heterocycles. The number of nitrogens with zero attached hydrogens (tertiary/aromatic N) is 4. The van der Waals surface area contributed by atoms with Gasteiger partial charge in [-0.1, -0.05) is 19.9 Å². The van der Waals surface area contributed by atoms with Crippen molar-refractivity contribution in [1.82, 2.24) is 19.5 Å². The average Bonchev–Trinajstić information content (AvgIpc) is 3.26. The molecule has 0 fully saturated rings. The van der Waals surface area contributed by atoms with Crippen LogP contribution in [0.5, 0.6) is 0 Å². The lowest BCUT2D eigenvalue weighted by atomic mass is 10.0. The van der Waals surface area contributed by atoms with Crippen LogP contribution in [0.25, 0.3) is 16.8 Å². The fraction of sp³-hybridized carbons (Fsp3) is 0.417. The van der Waals surface area contributed by atoms with Gasteiger partial charge in [0.1, 0.15) is 23.1 Å². The van der Waals surface area contributed by atoms with E-state index in [-0.39, 0.29) is 40.1 Å². The van der Waals surface area contributed by atoms with E-state index in [0.29, 0.717) is 36.9 Å². The highest BCUT2D eigenvalue weighted by molar-refractivity contribution is 7.91. The van der Waals surface area contributed by atoms with E-state index in [2.05, 4.69) is 10.1 Å². The second kappa shape index (κ2) is 11.2. The Hall–Kier alpha value is -3.58. The molecule has 11 nitrogen and oxygen atoms in total. The minimum Gasteiger partial charge on any atom is -0.387 e. The summed E-state index contributed by atoms with van der Waals surface area (Å²) < 4.78 is 41.0. The van der Waals surface area contributed by atoms with Crippen molar-refractivity contribution < 1.29 is 27.5 Å².